The predicted molar refractivity (Wildman–Crippen MR) is 281 cm³/mol. The number of hydrogen-bond acceptors (Lipinski definition) is 17. The summed E-state index contributed by atoms with van der Waals surface area (Å²) in [6.07, 6.45) is 2.01. The average Bonchev–Trinajstić information content (AvgIpc) is 3.33. The fraction of sp³-hybridized carbons (Fsp3) is 0.646. The van der Waals surface area contributed by atoms with Gasteiger partial charge in [0.25, 0.3) is 0 Å². The van der Waals surface area contributed by atoms with Crippen LogP contribution in [0.4, 0.5) is 10.5 Å². The van der Waals surface area contributed by atoms with Crippen molar-refractivity contribution in [3.05, 3.63) is 29.8 Å². The lowest BCUT2D eigenvalue weighted by atomic mass is 9.98. The molecule has 1 saturated heterocycles. The third-order valence-corrected chi connectivity index (χ3v) is 12.9. The van der Waals surface area contributed by atoms with Crippen LogP contribution in [0.5, 0.6) is 0 Å². The number of urea groups is 1. The number of nitrogens with one attached hydrogen (secondary N) is 4. The molecular formula is C48H76N10O19S. The largest absolute Gasteiger partial charge is 0.481 e. The molecule has 1 aliphatic rings. The summed E-state index contributed by atoms with van der Waals surface area (Å²) in [4.78, 5) is 127. The molecule has 78 heavy (non-hydrogen) atoms. The average molecular weight is 1130 g/mol. The molecule has 1 fully saturated rings. The standard InChI is InChI=1S/C48H76N10O19S/c59-38(60)12-11-37(46(75)76)52-47(77)49-15-13-34(45(73)74)5-1-2-14-50-48(78)51-35-9-7-33(8-10-35)4-3-6-36(58(31-43(69)70)32-44(71)72)26-54-21-23-55(27-39(61)62)19-16-53(17-20-56(24-22-54)28-40(63)64)18-25-57(29-41(65)66)30-42(67)68/h7-10,34,36-37H,1-6,11-32H2,(H,59,60)(H,61,62)(H,63,64)(H,65,66)(H,67,68)(H,69,70)(H,71,72)(H,73,74)(H,75,76)(H2,49,52,77)(H2,50,51,78). The molecule has 0 bridgehead atoms. The summed E-state index contributed by atoms with van der Waals surface area (Å²) in [5, 5.41) is 96.6. The molecule has 3 unspecified atom stereocenters. The second-order valence-corrected chi connectivity index (χ2v) is 19.2. The van der Waals surface area contributed by atoms with Crippen LogP contribution in [0.3, 0.4) is 0 Å². The Morgan fingerprint density at radius 1 is 0.538 bits per heavy atom. The van der Waals surface area contributed by atoms with E-state index < -0.39 is 110 Å². The lowest BCUT2D eigenvalue weighted by Crippen LogP contribution is -2.52. The number of nitrogens with zero attached hydrogens (tertiary/aromatic N) is 6. The van der Waals surface area contributed by atoms with Crippen LogP contribution in [0.1, 0.15) is 56.9 Å². The molecular weight excluding hydrogens is 1050 g/mol. The molecule has 29 nitrogen and oxygen atoms in total. The van der Waals surface area contributed by atoms with E-state index in [1.54, 1.807) is 21.9 Å². The van der Waals surface area contributed by atoms with E-state index in [0.29, 0.717) is 49.4 Å². The smallest absolute Gasteiger partial charge is 0.326 e. The number of unbranched alkanes of at least 4 members (excludes halogenated alkanes) is 1. The number of carboxylic acid groups (broad SMARTS) is 9. The van der Waals surface area contributed by atoms with Gasteiger partial charge in [0, 0.05) is 103 Å². The maximum absolute atomic E-state index is 12.1. The second kappa shape index (κ2) is 37.1. The summed E-state index contributed by atoms with van der Waals surface area (Å²) < 4.78 is 0. The molecule has 0 spiro atoms. The Kier molecular flexibility index (Phi) is 32.0. The number of thiocarbonyl (C=S) groups is 1. The third-order valence-electron chi connectivity index (χ3n) is 12.6. The summed E-state index contributed by atoms with van der Waals surface area (Å²) in [5.41, 5.74) is 1.58. The minimum atomic E-state index is -1.42. The van der Waals surface area contributed by atoms with E-state index in [4.69, 9.17) is 17.3 Å². The molecule has 0 aromatic heterocycles. The van der Waals surface area contributed by atoms with Crippen LogP contribution in [0.2, 0.25) is 0 Å². The van der Waals surface area contributed by atoms with Crippen molar-refractivity contribution in [2.45, 2.75) is 69.9 Å². The van der Waals surface area contributed by atoms with E-state index in [9.17, 15) is 88.8 Å². The number of carboxylic acids is 9. The first-order valence-electron chi connectivity index (χ1n) is 25.4. The number of benzene rings is 1. The van der Waals surface area contributed by atoms with Crippen LogP contribution in [-0.4, -0.2) is 277 Å². The summed E-state index contributed by atoms with van der Waals surface area (Å²) in [7, 11) is 0. The predicted octanol–water partition coefficient (Wildman–Crippen LogP) is -1.12. The maximum atomic E-state index is 12.1. The lowest BCUT2D eigenvalue weighted by molar-refractivity contribution is -0.144. The van der Waals surface area contributed by atoms with Gasteiger partial charge in [-0.15, -0.1) is 0 Å². The van der Waals surface area contributed by atoms with Crippen LogP contribution in [0, 0.1) is 5.92 Å². The van der Waals surface area contributed by atoms with Gasteiger partial charge in [-0.3, -0.25) is 67.8 Å². The lowest BCUT2D eigenvalue weighted by Gasteiger charge is -2.37. The van der Waals surface area contributed by atoms with Gasteiger partial charge in [0.05, 0.1) is 45.2 Å². The van der Waals surface area contributed by atoms with Gasteiger partial charge < -0.3 is 67.2 Å². The Morgan fingerprint density at radius 3 is 1.55 bits per heavy atom. The van der Waals surface area contributed by atoms with Crippen molar-refractivity contribution in [3.8, 4) is 0 Å². The summed E-state index contributed by atoms with van der Waals surface area (Å²) in [6, 6.07) is 4.45. The van der Waals surface area contributed by atoms with Gasteiger partial charge in [0.2, 0.25) is 0 Å². The van der Waals surface area contributed by atoms with Gasteiger partial charge in [-0.05, 0) is 74.9 Å². The quantitative estimate of drug-likeness (QED) is 0.0277. The van der Waals surface area contributed by atoms with Crippen LogP contribution in [0.25, 0.3) is 0 Å². The third kappa shape index (κ3) is 31.4. The zero-order valence-electron chi connectivity index (χ0n) is 43.5. The van der Waals surface area contributed by atoms with Gasteiger partial charge in [-0.2, -0.15) is 0 Å². The molecule has 0 aliphatic carbocycles. The van der Waals surface area contributed by atoms with E-state index in [1.165, 1.54) is 9.80 Å². The maximum Gasteiger partial charge on any atom is 0.326 e. The highest BCUT2D eigenvalue weighted by atomic mass is 32.1. The number of anilines is 1. The van der Waals surface area contributed by atoms with E-state index in [0.717, 1.165) is 5.56 Å². The number of rotatable bonds is 37. The molecule has 1 heterocycles. The topological polar surface area (TPSA) is 420 Å². The van der Waals surface area contributed by atoms with Gasteiger partial charge in [0.1, 0.15) is 6.04 Å². The Morgan fingerprint density at radius 2 is 1.06 bits per heavy atom. The number of aliphatic carboxylic acids is 9. The zero-order valence-corrected chi connectivity index (χ0v) is 44.4. The first-order valence-corrected chi connectivity index (χ1v) is 25.8. The number of carbonyl (C=O) groups excluding carboxylic acids is 1. The van der Waals surface area contributed by atoms with Crippen LogP contribution < -0.4 is 21.3 Å². The van der Waals surface area contributed by atoms with Crippen molar-refractivity contribution < 1.29 is 93.9 Å². The highest BCUT2D eigenvalue weighted by molar-refractivity contribution is 7.80. The van der Waals surface area contributed by atoms with Crippen LogP contribution >= 0.6 is 12.2 Å². The monoisotopic (exact) mass is 1130 g/mol. The Balaban J connectivity index is 2.07. The minimum absolute atomic E-state index is 0.0566. The van der Waals surface area contributed by atoms with Crippen molar-refractivity contribution in [1.29, 1.82) is 0 Å². The Labute approximate surface area is 456 Å². The highest BCUT2D eigenvalue weighted by Crippen LogP contribution is 2.17. The molecule has 1 aliphatic heterocycles. The number of amides is 2. The van der Waals surface area contributed by atoms with Gasteiger partial charge in [-0.1, -0.05) is 18.6 Å². The Hall–Kier alpha value is -6.83. The van der Waals surface area contributed by atoms with Crippen molar-refractivity contribution in [2.75, 3.05) is 130 Å². The SMILES string of the molecule is O=C(O)CCC(NC(=O)NCCC(CCCCNC(=S)Nc1ccc(CCCC(CN2CCN(CC(=O)O)CCN(CCN(CC(=O)O)CC(=O)O)CCN(CC(=O)O)CC2)N(CC(=O)O)CC(=O)O)cc1)C(=O)O)C(=O)O. The number of hydrogen-bond donors (Lipinski definition) is 13. The number of carbonyl (C=O) groups is 10. The van der Waals surface area contributed by atoms with E-state index in [1.807, 2.05) is 21.9 Å². The molecule has 13 N–H and O–H groups in total. The van der Waals surface area contributed by atoms with Gasteiger partial charge in [0.15, 0.2) is 5.11 Å². The van der Waals surface area contributed by atoms with Crippen molar-refractivity contribution >= 4 is 82.8 Å². The first-order chi connectivity index (χ1) is 36.9. The van der Waals surface area contributed by atoms with Crippen molar-refractivity contribution in [3.63, 3.8) is 0 Å². The normalized spacial score (nSPS) is 15.4. The summed E-state index contributed by atoms with van der Waals surface area (Å²) in [5.74, 6) is -11.6. The highest BCUT2D eigenvalue weighted by Gasteiger charge is 2.28. The molecule has 1 aromatic carbocycles. The van der Waals surface area contributed by atoms with E-state index in [-0.39, 0.29) is 111 Å². The molecule has 438 valence electrons. The first kappa shape index (κ1) is 67.3. The number of aryl methyl sites for hydroxylation is 1. The second-order valence-electron chi connectivity index (χ2n) is 18.8. The van der Waals surface area contributed by atoms with Crippen molar-refractivity contribution in [2.24, 2.45) is 5.92 Å². The molecule has 0 radical (unpaired) electrons. The molecule has 30 heteroatoms. The molecule has 2 amide bonds. The van der Waals surface area contributed by atoms with Crippen LogP contribution in [0.15, 0.2) is 24.3 Å². The van der Waals surface area contributed by atoms with Gasteiger partial charge in [-0.25, -0.2) is 9.59 Å². The minimum Gasteiger partial charge on any atom is -0.481 e. The van der Waals surface area contributed by atoms with E-state index in [2.05, 4.69) is 21.3 Å². The summed E-state index contributed by atoms with van der Waals surface area (Å²) in [6.45, 7) is -0.108. The molecule has 3 atom stereocenters. The van der Waals surface area contributed by atoms with Crippen molar-refractivity contribution in [1.82, 2.24) is 45.3 Å². The zero-order chi connectivity index (χ0) is 58.2. The Bertz CT molecular complexity index is 2080. The van der Waals surface area contributed by atoms with Gasteiger partial charge >= 0.3 is 59.8 Å². The fourth-order valence-electron chi connectivity index (χ4n) is 8.59. The molecule has 0 saturated carbocycles. The summed E-state index contributed by atoms with van der Waals surface area (Å²) >= 11 is 5.44. The fourth-order valence-corrected chi connectivity index (χ4v) is 8.81. The van der Waals surface area contributed by atoms with Crippen LogP contribution in [-0.2, 0) is 49.6 Å². The molecule has 2 rings (SSSR count). The molecule has 1 aromatic rings. The van der Waals surface area contributed by atoms with E-state index >= 15 is 0 Å².